The number of benzene rings is 1. The summed E-state index contributed by atoms with van der Waals surface area (Å²) in [6.07, 6.45) is 2.35. The Hall–Kier alpha value is -2.14. The van der Waals surface area contributed by atoms with E-state index in [2.05, 4.69) is 0 Å². The van der Waals surface area contributed by atoms with Gasteiger partial charge in [0, 0.05) is 30.3 Å². The molecule has 0 spiro atoms. The molecule has 0 atom stereocenters. The standard InChI is InChI=1S/C17H21NO4/c1-10(2)13-7-12(17(21)22)8-14-15(11(3)20)9-18(16(13)14)5-4-6-19/h7-10,19H,4-6H2,1-3H3,(H,21,22). The van der Waals surface area contributed by atoms with E-state index in [1.54, 1.807) is 18.3 Å². The molecular formula is C17H21NO4. The van der Waals surface area contributed by atoms with Crippen molar-refractivity contribution >= 4 is 22.7 Å². The summed E-state index contributed by atoms with van der Waals surface area (Å²) in [5, 5.41) is 19.0. The van der Waals surface area contributed by atoms with Crippen LogP contribution in [0, 0.1) is 0 Å². The number of Topliss-reactive ketones (excluding diaryl/α,β-unsaturated/α-hetero) is 1. The lowest BCUT2D eigenvalue weighted by atomic mass is 9.96. The number of carboxylic acids is 1. The number of aryl methyl sites for hydroxylation is 1. The zero-order valence-electron chi connectivity index (χ0n) is 13.1. The highest BCUT2D eigenvalue weighted by Gasteiger charge is 2.19. The number of nitrogens with zero attached hydrogens (tertiary/aromatic N) is 1. The summed E-state index contributed by atoms with van der Waals surface area (Å²) in [7, 11) is 0. The van der Waals surface area contributed by atoms with E-state index in [0.717, 1.165) is 11.1 Å². The molecule has 2 N–H and O–H groups in total. The van der Waals surface area contributed by atoms with Gasteiger partial charge in [0.15, 0.2) is 5.78 Å². The Kier molecular flexibility index (Phi) is 4.66. The van der Waals surface area contributed by atoms with Crippen LogP contribution in [0.4, 0.5) is 0 Å². The zero-order valence-corrected chi connectivity index (χ0v) is 13.1. The third kappa shape index (κ3) is 2.90. The van der Waals surface area contributed by atoms with E-state index in [1.807, 2.05) is 18.4 Å². The molecule has 1 heterocycles. The minimum Gasteiger partial charge on any atom is -0.478 e. The van der Waals surface area contributed by atoms with Gasteiger partial charge in [0.2, 0.25) is 0 Å². The predicted molar refractivity (Wildman–Crippen MR) is 84.7 cm³/mol. The molecule has 118 valence electrons. The number of carbonyl (C=O) groups is 2. The van der Waals surface area contributed by atoms with Crippen LogP contribution in [0.1, 0.15) is 59.4 Å². The summed E-state index contributed by atoms with van der Waals surface area (Å²) in [4.78, 5) is 23.3. The molecule has 0 aliphatic rings. The number of hydrogen-bond donors (Lipinski definition) is 2. The summed E-state index contributed by atoms with van der Waals surface area (Å²) in [5.41, 5.74) is 2.51. The van der Waals surface area contributed by atoms with E-state index >= 15 is 0 Å². The topological polar surface area (TPSA) is 79.5 Å². The van der Waals surface area contributed by atoms with Crippen molar-refractivity contribution in [2.24, 2.45) is 0 Å². The molecule has 0 aliphatic carbocycles. The van der Waals surface area contributed by atoms with Gasteiger partial charge < -0.3 is 14.8 Å². The second kappa shape index (κ2) is 6.32. The summed E-state index contributed by atoms with van der Waals surface area (Å²) in [6.45, 7) is 6.13. The molecular weight excluding hydrogens is 282 g/mol. The second-order valence-corrected chi connectivity index (χ2v) is 5.79. The molecule has 5 nitrogen and oxygen atoms in total. The van der Waals surface area contributed by atoms with Crippen LogP contribution in [-0.2, 0) is 6.54 Å². The number of aliphatic hydroxyl groups is 1. The molecule has 1 aromatic heterocycles. The maximum absolute atomic E-state index is 11.9. The number of carbonyl (C=O) groups excluding carboxylic acids is 1. The lowest BCUT2D eigenvalue weighted by Gasteiger charge is -2.13. The largest absolute Gasteiger partial charge is 0.478 e. The van der Waals surface area contributed by atoms with E-state index in [4.69, 9.17) is 5.11 Å². The minimum atomic E-state index is -0.999. The van der Waals surface area contributed by atoms with Crippen LogP contribution < -0.4 is 0 Å². The molecule has 5 heteroatoms. The molecule has 0 bridgehead atoms. The van der Waals surface area contributed by atoms with E-state index in [0.29, 0.717) is 23.9 Å². The molecule has 0 saturated carbocycles. The van der Waals surface area contributed by atoms with Crippen molar-refractivity contribution in [2.75, 3.05) is 6.61 Å². The highest BCUT2D eigenvalue weighted by molar-refractivity contribution is 6.09. The third-order valence-corrected chi connectivity index (χ3v) is 3.81. The Balaban J connectivity index is 2.82. The van der Waals surface area contributed by atoms with Crippen LogP contribution in [0.2, 0.25) is 0 Å². The first-order valence-electron chi connectivity index (χ1n) is 7.38. The van der Waals surface area contributed by atoms with Crippen molar-refractivity contribution in [1.29, 1.82) is 0 Å². The van der Waals surface area contributed by atoms with Crippen molar-refractivity contribution in [2.45, 2.75) is 39.7 Å². The number of aromatic carboxylic acids is 1. The SMILES string of the molecule is CC(=O)c1cn(CCCO)c2c(C(C)C)cc(C(=O)O)cc12. The van der Waals surface area contributed by atoms with Gasteiger partial charge in [-0.25, -0.2) is 4.79 Å². The van der Waals surface area contributed by atoms with Gasteiger partial charge in [-0.15, -0.1) is 0 Å². The quantitative estimate of drug-likeness (QED) is 0.804. The molecule has 0 aliphatic heterocycles. The van der Waals surface area contributed by atoms with Gasteiger partial charge in [-0.2, -0.15) is 0 Å². The molecule has 2 aromatic rings. The van der Waals surface area contributed by atoms with Crippen LogP contribution in [0.5, 0.6) is 0 Å². The summed E-state index contributed by atoms with van der Waals surface area (Å²) < 4.78 is 1.95. The molecule has 1 aromatic carbocycles. The number of aromatic nitrogens is 1. The molecule has 2 rings (SSSR count). The van der Waals surface area contributed by atoms with Crippen molar-refractivity contribution in [3.8, 4) is 0 Å². The molecule has 0 saturated heterocycles. The Morgan fingerprint density at radius 1 is 1.27 bits per heavy atom. The average Bonchev–Trinajstić information content (AvgIpc) is 2.82. The number of aliphatic hydroxyl groups excluding tert-OH is 1. The maximum Gasteiger partial charge on any atom is 0.335 e. The van der Waals surface area contributed by atoms with Gasteiger partial charge in [-0.05, 0) is 37.0 Å². The van der Waals surface area contributed by atoms with Gasteiger partial charge in [-0.1, -0.05) is 13.8 Å². The van der Waals surface area contributed by atoms with Gasteiger partial charge in [-0.3, -0.25) is 4.79 Å². The average molecular weight is 303 g/mol. The normalized spacial score (nSPS) is 11.3. The maximum atomic E-state index is 11.9. The van der Waals surface area contributed by atoms with Crippen LogP contribution in [0.3, 0.4) is 0 Å². The number of fused-ring (bicyclic) bond motifs is 1. The monoisotopic (exact) mass is 303 g/mol. The predicted octanol–water partition coefficient (Wildman–Crippen LogP) is 3.05. The fraction of sp³-hybridized carbons (Fsp3) is 0.412. The lowest BCUT2D eigenvalue weighted by Crippen LogP contribution is -2.04. The first kappa shape index (κ1) is 16.2. The van der Waals surface area contributed by atoms with Gasteiger partial charge in [0.25, 0.3) is 0 Å². The van der Waals surface area contributed by atoms with Crippen LogP contribution in [0.25, 0.3) is 10.9 Å². The summed E-state index contributed by atoms with van der Waals surface area (Å²) in [6, 6.07) is 3.24. The fourth-order valence-electron chi connectivity index (χ4n) is 2.73. The number of carboxylic acid groups (broad SMARTS) is 1. The molecule has 0 unspecified atom stereocenters. The van der Waals surface area contributed by atoms with Crippen molar-refractivity contribution in [3.63, 3.8) is 0 Å². The van der Waals surface area contributed by atoms with E-state index < -0.39 is 5.97 Å². The fourth-order valence-corrected chi connectivity index (χ4v) is 2.73. The van der Waals surface area contributed by atoms with Crippen molar-refractivity contribution < 1.29 is 19.8 Å². The molecule has 0 amide bonds. The number of rotatable bonds is 6. The van der Waals surface area contributed by atoms with Crippen molar-refractivity contribution in [1.82, 2.24) is 4.57 Å². The zero-order chi connectivity index (χ0) is 16.4. The Bertz CT molecular complexity index is 728. The van der Waals surface area contributed by atoms with Crippen molar-refractivity contribution in [3.05, 3.63) is 35.0 Å². The molecule has 0 fully saturated rings. The lowest BCUT2D eigenvalue weighted by molar-refractivity contribution is 0.0696. The second-order valence-electron chi connectivity index (χ2n) is 5.79. The van der Waals surface area contributed by atoms with E-state index in [-0.39, 0.29) is 23.9 Å². The Labute approximate surface area is 129 Å². The molecule has 22 heavy (non-hydrogen) atoms. The summed E-state index contributed by atoms with van der Waals surface area (Å²) in [5.74, 6) is -0.962. The van der Waals surface area contributed by atoms with Gasteiger partial charge in [0.1, 0.15) is 0 Å². The number of hydrogen-bond acceptors (Lipinski definition) is 3. The van der Waals surface area contributed by atoms with Crippen LogP contribution in [0.15, 0.2) is 18.3 Å². The third-order valence-electron chi connectivity index (χ3n) is 3.81. The highest BCUT2D eigenvalue weighted by Crippen LogP contribution is 2.31. The summed E-state index contributed by atoms with van der Waals surface area (Å²) >= 11 is 0. The molecule has 0 radical (unpaired) electrons. The first-order chi connectivity index (χ1) is 10.4. The number of ketones is 1. The van der Waals surface area contributed by atoms with E-state index in [9.17, 15) is 14.7 Å². The van der Waals surface area contributed by atoms with Crippen LogP contribution >= 0.6 is 0 Å². The van der Waals surface area contributed by atoms with Gasteiger partial charge in [0.05, 0.1) is 11.1 Å². The minimum absolute atomic E-state index is 0.0687. The van der Waals surface area contributed by atoms with Gasteiger partial charge >= 0.3 is 5.97 Å². The Morgan fingerprint density at radius 3 is 2.45 bits per heavy atom. The first-order valence-corrected chi connectivity index (χ1v) is 7.38. The highest BCUT2D eigenvalue weighted by atomic mass is 16.4. The Morgan fingerprint density at radius 2 is 1.95 bits per heavy atom. The smallest absolute Gasteiger partial charge is 0.335 e. The van der Waals surface area contributed by atoms with Crippen LogP contribution in [-0.4, -0.2) is 33.1 Å². The van der Waals surface area contributed by atoms with E-state index in [1.165, 1.54) is 6.92 Å².